The molecule has 2 aliphatic rings. The van der Waals surface area contributed by atoms with Crippen LogP contribution < -0.4 is 10.5 Å². The highest BCUT2D eigenvalue weighted by molar-refractivity contribution is 7.11. The number of nitrogens with two attached hydrogens (primary N) is 1. The van der Waals surface area contributed by atoms with E-state index < -0.39 is 0 Å². The summed E-state index contributed by atoms with van der Waals surface area (Å²) in [6, 6.07) is 4.14. The van der Waals surface area contributed by atoms with Crippen LogP contribution >= 0.6 is 11.3 Å². The van der Waals surface area contributed by atoms with E-state index in [1.807, 2.05) is 11.0 Å². The zero-order valence-corrected chi connectivity index (χ0v) is 14.8. The van der Waals surface area contributed by atoms with Crippen molar-refractivity contribution in [2.75, 3.05) is 13.2 Å². The lowest BCUT2D eigenvalue weighted by molar-refractivity contribution is -0.134. The average Bonchev–Trinajstić information content (AvgIpc) is 3.17. The molecule has 1 aromatic heterocycles. The minimum absolute atomic E-state index is 0.143. The third kappa shape index (κ3) is 2.50. The minimum atomic E-state index is -0.200. The number of ether oxygens (including phenoxy) is 1. The second kappa shape index (κ2) is 5.86. The van der Waals surface area contributed by atoms with Gasteiger partial charge in [0.1, 0.15) is 23.3 Å². The summed E-state index contributed by atoms with van der Waals surface area (Å²) >= 11 is 1.67. The van der Waals surface area contributed by atoms with E-state index in [-0.39, 0.29) is 11.8 Å². The molecular formula is C18H21N3O2S. The predicted molar refractivity (Wildman–Crippen MR) is 93.3 cm³/mol. The van der Waals surface area contributed by atoms with E-state index in [4.69, 9.17) is 10.5 Å². The summed E-state index contributed by atoms with van der Waals surface area (Å²) in [5.41, 5.74) is 10.1. The smallest absolute Gasteiger partial charge is 0.234 e. The number of carbonyl (C=O) groups excluding carboxylic acids is 1. The Morgan fingerprint density at radius 1 is 1.42 bits per heavy atom. The maximum Gasteiger partial charge on any atom is 0.234 e. The predicted octanol–water partition coefficient (Wildman–Crippen LogP) is 2.28. The molecule has 0 bridgehead atoms. The number of carbonyl (C=O) groups is 1. The summed E-state index contributed by atoms with van der Waals surface area (Å²) in [4.78, 5) is 20.8. The summed E-state index contributed by atoms with van der Waals surface area (Å²) in [6.07, 6.45) is 0.867. The van der Waals surface area contributed by atoms with Gasteiger partial charge in [-0.1, -0.05) is 6.07 Å². The van der Waals surface area contributed by atoms with Gasteiger partial charge in [0.05, 0.1) is 12.2 Å². The van der Waals surface area contributed by atoms with Crippen LogP contribution in [0, 0.1) is 13.8 Å². The monoisotopic (exact) mass is 343 g/mol. The van der Waals surface area contributed by atoms with Crippen LogP contribution in [0.15, 0.2) is 12.1 Å². The summed E-state index contributed by atoms with van der Waals surface area (Å²) in [6.45, 7) is 6.37. The van der Waals surface area contributed by atoms with Crippen LogP contribution in [0.25, 0.3) is 0 Å². The highest BCUT2D eigenvalue weighted by Crippen LogP contribution is 2.38. The molecule has 1 atom stereocenters. The van der Waals surface area contributed by atoms with Crippen LogP contribution in [0.1, 0.15) is 38.2 Å². The normalized spacial score (nSPS) is 19.0. The molecule has 4 rings (SSSR count). The third-order valence-electron chi connectivity index (χ3n) is 4.96. The van der Waals surface area contributed by atoms with E-state index in [2.05, 4.69) is 24.9 Å². The van der Waals surface area contributed by atoms with Gasteiger partial charge in [-0.15, -0.1) is 11.3 Å². The summed E-state index contributed by atoms with van der Waals surface area (Å²) in [5, 5.41) is 0.954. The number of thiazole rings is 1. The number of amides is 1. The molecule has 3 heterocycles. The molecule has 24 heavy (non-hydrogen) atoms. The molecule has 5 nitrogen and oxygen atoms in total. The minimum Gasteiger partial charge on any atom is -0.492 e. The zero-order valence-electron chi connectivity index (χ0n) is 14.0. The number of hydrogen-bond donors (Lipinski definition) is 1. The lowest BCUT2D eigenvalue weighted by Crippen LogP contribution is -2.39. The average molecular weight is 343 g/mol. The molecular weight excluding hydrogens is 322 g/mol. The van der Waals surface area contributed by atoms with Crippen LogP contribution in [-0.2, 0) is 24.3 Å². The Morgan fingerprint density at radius 2 is 2.21 bits per heavy atom. The van der Waals surface area contributed by atoms with Crippen LogP contribution in [0.3, 0.4) is 0 Å². The van der Waals surface area contributed by atoms with E-state index in [1.54, 1.807) is 11.3 Å². The van der Waals surface area contributed by atoms with Crippen molar-refractivity contribution in [3.05, 3.63) is 44.4 Å². The van der Waals surface area contributed by atoms with Gasteiger partial charge in [-0.3, -0.25) is 4.79 Å². The SMILES string of the molecule is Cc1cc2c(cc1C)C(C(=O)N1CCc3sc(CN)nc3C1)CO2. The van der Waals surface area contributed by atoms with Crippen molar-refractivity contribution in [1.29, 1.82) is 0 Å². The molecule has 1 amide bonds. The van der Waals surface area contributed by atoms with Gasteiger partial charge in [-0.25, -0.2) is 4.98 Å². The van der Waals surface area contributed by atoms with Gasteiger partial charge in [-0.2, -0.15) is 0 Å². The molecule has 0 saturated heterocycles. The molecule has 2 aromatic rings. The number of nitrogens with zero attached hydrogens (tertiary/aromatic N) is 2. The first-order valence-corrected chi connectivity index (χ1v) is 9.08. The van der Waals surface area contributed by atoms with Crippen molar-refractivity contribution < 1.29 is 9.53 Å². The Labute approximate surface area is 145 Å². The van der Waals surface area contributed by atoms with Crippen LogP contribution in [0.5, 0.6) is 5.75 Å². The fraction of sp³-hybridized carbons (Fsp3) is 0.444. The summed E-state index contributed by atoms with van der Waals surface area (Å²) in [5.74, 6) is 0.798. The number of hydrogen-bond acceptors (Lipinski definition) is 5. The van der Waals surface area contributed by atoms with Gasteiger partial charge in [0.2, 0.25) is 5.91 Å². The first-order chi connectivity index (χ1) is 11.6. The number of aromatic nitrogens is 1. The Balaban J connectivity index is 1.57. The molecule has 2 N–H and O–H groups in total. The van der Waals surface area contributed by atoms with Gasteiger partial charge in [0, 0.05) is 30.0 Å². The maximum absolute atomic E-state index is 13.0. The number of aryl methyl sites for hydroxylation is 2. The number of rotatable bonds is 2. The van der Waals surface area contributed by atoms with Crippen molar-refractivity contribution in [1.82, 2.24) is 9.88 Å². The van der Waals surface area contributed by atoms with E-state index in [9.17, 15) is 4.79 Å². The molecule has 0 aliphatic carbocycles. The topological polar surface area (TPSA) is 68.5 Å². The van der Waals surface area contributed by atoms with Crippen molar-refractivity contribution >= 4 is 17.2 Å². The molecule has 2 aliphatic heterocycles. The maximum atomic E-state index is 13.0. The highest BCUT2D eigenvalue weighted by atomic mass is 32.1. The van der Waals surface area contributed by atoms with Crippen molar-refractivity contribution in [2.24, 2.45) is 5.73 Å². The van der Waals surface area contributed by atoms with Crippen LogP contribution in [0.4, 0.5) is 0 Å². The Hall–Kier alpha value is -1.92. The van der Waals surface area contributed by atoms with Crippen molar-refractivity contribution in [3.63, 3.8) is 0 Å². The van der Waals surface area contributed by atoms with E-state index in [0.29, 0.717) is 19.7 Å². The Bertz CT molecular complexity index is 815. The van der Waals surface area contributed by atoms with Crippen molar-refractivity contribution in [3.8, 4) is 5.75 Å². The molecule has 6 heteroatoms. The second-order valence-corrected chi connectivity index (χ2v) is 7.70. The van der Waals surface area contributed by atoms with Crippen LogP contribution in [0.2, 0.25) is 0 Å². The number of fused-ring (bicyclic) bond motifs is 2. The molecule has 0 saturated carbocycles. The van der Waals surface area contributed by atoms with Gasteiger partial charge in [-0.05, 0) is 31.0 Å². The van der Waals surface area contributed by atoms with Gasteiger partial charge >= 0.3 is 0 Å². The van der Waals surface area contributed by atoms with Gasteiger partial charge in [0.25, 0.3) is 0 Å². The lowest BCUT2D eigenvalue weighted by atomic mass is 9.95. The Kier molecular flexibility index (Phi) is 3.81. The highest BCUT2D eigenvalue weighted by Gasteiger charge is 2.35. The summed E-state index contributed by atoms with van der Waals surface area (Å²) in [7, 11) is 0. The molecule has 0 spiro atoms. The van der Waals surface area contributed by atoms with E-state index >= 15 is 0 Å². The molecule has 0 fully saturated rings. The summed E-state index contributed by atoms with van der Waals surface area (Å²) < 4.78 is 5.77. The Morgan fingerprint density at radius 3 is 3.00 bits per heavy atom. The lowest BCUT2D eigenvalue weighted by Gasteiger charge is -2.28. The van der Waals surface area contributed by atoms with E-state index in [0.717, 1.165) is 35.0 Å². The van der Waals surface area contributed by atoms with Crippen LogP contribution in [-0.4, -0.2) is 28.9 Å². The molecule has 126 valence electrons. The third-order valence-corrected chi connectivity index (χ3v) is 6.14. The van der Waals surface area contributed by atoms with Crippen molar-refractivity contribution in [2.45, 2.75) is 39.3 Å². The fourth-order valence-corrected chi connectivity index (χ4v) is 4.37. The molecule has 1 unspecified atom stereocenters. The van der Waals surface area contributed by atoms with Gasteiger partial charge < -0.3 is 15.4 Å². The van der Waals surface area contributed by atoms with Gasteiger partial charge in [0.15, 0.2) is 0 Å². The first-order valence-electron chi connectivity index (χ1n) is 8.27. The number of benzene rings is 1. The quantitative estimate of drug-likeness (QED) is 0.908. The molecule has 0 radical (unpaired) electrons. The second-order valence-electron chi connectivity index (χ2n) is 6.53. The standard InChI is InChI=1S/C18H21N3O2S/c1-10-5-12-13(9-23-15(12)6-11(10)2)18(22)21-4-3-16-14(8-21)20-17(7-19)24-16/h5-6,13H,3-4,7-9,19H2,1-2H3. The largest absolute Gasteiger partial charge is 0.492 e. The first kappa shape index (κ1) is 15.6. The molecule has 1 aromatic carbocycles. The fourth-order valence-electron chi connectivity index (χ4n) is 3.42. The van der Waals surface area contributed by atoms with E-state index in [1.165, 1.54) is 16.0 Å². The zero-order chi connectivity index (χ0) is 16.8.